The number of amides is 2. The number of methoxy groups -OCH3 is 1. The van der Waals surface area contributed by atoms with Gasteiger partial charge in [-0.3, -0.25) is 9.59 Å². The topological polar surface area (TPSA) is 106 Å². The Morgan fingerprint density at radius 1 is 1.26 bits per heavy atom. The Bertz CT molecular complexity index is 781. The van der Waals surface area contributed by atoms with E-state index >= 15 is 0 Å². The van der Waals surface area contributed by atoms with Crippen LogP contribution in [0.5, 0.6) is 5.75 Å². The van der Waals surface area contributed by atoms with E-state index in [1.165, 1.54) is 11.3 Å². The van der Waals surface area contributed by atoms with Gasteiger partial charge in [0, 0.05) is 11.1 Å². The molecule has 0 spiro atoms. The molecule has 0 aliphatic heterocycles. The van der Waals surface area contributed by atoms with Gasteiger partial charge in [-0.1, -0.05) is 20.8 Å². The zero-order valence-electron chi connectivity index (χ0n) is 16.0. The lowest BCUT2D eigenvalue weighted by Gasteiger charge is -2.21. The van der Waals surface area contributed by atoms with Crippen LogP contribution in [0.4, 0.5) is 10.8 Å². The maximum atomic E-state index is 12.4. The summed E-state index contributed by atoms with van der Waals surface area (Å²) in [5.41, 5.74) is 6.56. The standard InChI is InChI=1S/C19H26N4O3S/c1-19(2,3)10-9-14(16(20)24)22-17(25)15-11-27-18(23-15)21-12-5-7-13(26-4)8-6-12/h5-8,11,14H,9-10H2,1-4H3,(H2,20,24)(H,21,23)(H,22,25)/t14-/m0/s1. The van der Waals surface area contributed by atoms with Gasteiger partial charge in [0.05, 0.1) is 7.11 Å². The Balaban J connectivity index is 1.98. The van der Waals surface area contributed by atoms with Gasteiger partial charge in [0.25, 0.3) is 5.91 Å². The number of hydrogen-bond donors (Lipinski definition) is 3. The van der Waals surface area contributed by atoms with Gasteiger partial charge in [0.1, 0.15) is 17.5 Å². The van der Waals surface area contributed by atoms with E-state index in [-0.39, 0.29) is 11.1 Å². The van der Waals surface area contributed by atoms with Crippen molar-refractivity contribution in [2.45, 2.75) is 39.7 Å². The van der Waals surface area contributed by atoms with E-state index in [1.807, 2.05) is 24.3 Å². The molecule has 1 heterocycles. The van der Waals surface area contributed by atoms with Crippen molar-refractivity contribution in [3.8, 4) is 5.75 Å². The summed E-state index contributed by atoms with van der Waals surface area (Å²) in [7, 11) is 1.61. The molecule has 8 heteroatoms. The summed E-state index contributed by atoms with van der Waals surface area (Å²) in [5.74, 6) is -0.196. The Labute approximate surface area is 163 Å². The first-order valence-corrected chi connectivity index (χ1v) is 9.53. The molecule has 0 aliphatic carbocycles. The van der Waals surface area contributed by atoms with E-state index in [9.17, 15) is 9.59 Å². The highest BCUT2D eigenvalue weighted by molar-refractivity contribution is 7.14. The number of carbonyl (C=O) groups is 2. The molecule has 0 unspecified atom stereocenters. The largest absolute Gasteiger partial charge is 0.497 e. The van der Waals surface area contributed by atoms with E-state index in [0.29, 0.717) is 11.6 Å². The number of nitrogens with two attached hydrogens (primary N) is 1. The molecule has 0 saturated heterocycles. The third kappa shape index (κ3) is 6.56. The number of primary amides is 1. The van der Waals surface area contributed by atoms with Gasteiger partial charge in [-0.25, -0.2) is 4.98 Å². The SMILES string of the molecule is COc1ccc(Nc2nc(C(=O)N[C@@H](CCC(C)(C)C)C(N)=O)cs2)cc1. The van der Waals surface area contributed by atoms with E-state index in [4.69, 9.17) is 10.5 Å². The van der Waals surface area contributed by atoms with E-state index in [2.05, 4.69) is 36.4 Å². The van der Waals surface area contributed by atoms with Gasteiger partial charge in [0.15, 0.2) is 5.13 Å². The summed E-state index contributed by atoms with van der Waals surface area (Å²) < 4.78 is 5.12. The van der Waals surface area contributed by atoms with E-state index < -0.39 is 17.9 Å². The minimum absolute atomic E-state index is 0.0501. The number of thiazole rings is 1. The predicted molar refractivity (Wildman–Crippen MR) is 108 cm³/mol. The van der Waals surface area contributed by atoms with Crippen LogP contribution in [0.3, 0.4) is 0 Å². The van der Waals surface area contributed by atoms with Gasteiger partial charge >= 0.3 is 0 Å². The van der Waals surface area contributed by atoms with Crippen molar-refractivity contribution >= 4 is 34.0 Å². The highest BCUT2D eigenvalue weighted by Crippen LogP contribution is 2.24. The van der Waals surface area contributed by atoms with Gasteiger partial charge in [-0.05, 0) is 42.5 Å². The zero-order valence-corrected chi connectivity index (χ0v) is 16.9. The van der Waals surface area contributed by atoms with Crippen molar-refractivity contribution < 1.29 is 14.3 Å². The molecule has 2 rings (SSSR count). The summed E-state index contributed by atoms with van der Waals surface area (Å²) in [6, 6.07) is 6.66. The molecule has 0 fully saturated rings. The fourth-order valence-corrected chi connectivity index (χ4v) is 3.04. The summed E-state index contributed by atoms with van der Waals surface area (Å²) >= 11 is 1.31. The lowest BCUT2D eigenvalue weighted by atomic mass is 9.88. The lowest BCUT2D eigenvalue weighted by Crippen LogP contribution is -2.45. The maximum Gasteiger partial charge on any atom is 0.271 e. The Morgan fingerprint density at radius 2 is 1.93 bits per heavy atom. The molecule has 146 valence electrons. The lowest BCUT2D eigenvalue weighted by molar-refractivity contribution is -0.120. The molecule has 0 radical (unpaired) electrons. The maximum absolute atomic E-state index is 12.4. The van der Waals surface area contributed by atoms with E-state index in [1.54, 1.807) is 12.5 Å². The van der Waals surface area contributed by atoms with Crippen LogP contribution in [0.25, 0.3) is 0 Å². The minimum Gasteiger partial charge on any atom is -0.497 e. The molecule has 4 N–H and O–H groups in total. The van der Waals surface area contributed by atoms with Gasteiger partial charge in [-0.15, -0.1) is 11.3 Å². The summed E-state index contributed by atoms with van der Waals surface area (Å²) in [6.07, 6.45) is 1.26. The van der Waals surface area contributed by atoms with Crippen LogP contribution in [-0.2, 0) is 4.79 Å². The summed E-state index contributed by atoms with van der Waals surface area (Å²) in [6.45, 7) is 6.22. The van der Waals surface area contributed by atoms with Crippen LogP contribution >= 0.6 is 11.3 Å². The van der Waals surface area contributed by atoms with Crippen LogP contribution in [0.15, 0.2) is 29.6 Å². The quantitative estimate of drug-likeness (QED) is 0.641. The molecule has 0 bridgehead atoms. The number of benzene rings is 1. The van der Waals surface area contributed by atoms with Gasteiger partial charge in [-0.2, -0.15) is 0 Å². The summed E-state index contributed by atoms with van der Waals surface area (Å²) in [4.78, 5) is 28.3. The monoisotopic (exact) mass is 390 g/mol. The van der Waals surface area contributed by atoms with Crippen LogP contribution in [0.2, 0.25) is 0 Å². The van der Waals surface area contributed by atoms with Crippen LogP contribution in [0, 0.1) is 5.41 Å². The Hall–Kier alpha value is -2.61. The van der Waals surface area contributed by atoms with Crippen molar-refractivity contribution in [3.63, 3.8) is 0 Å². The Morgan fingerprint density at radius 3 is 2.48 bits per heavy atom. The number of aromatic nitrogens is 1. The van der Waals surface area contributed by atoms with Crippen molar-refractivity contribution in [2.75, 3.05) is 12.4 Å². The molecule has 1 aromatic heterocycles. The predicted octanol–water partition coefficient (Wildman–Crippen LogP) is 3.31. The molecular weight excluding hydrogens is 364 g/mol. The average molecular weight is 391 g/mol. The fraction of sp³-hybridized carbons (Fsp3) is 0.421. The Kier molecular flexibility index (Phi) is 6.79. The summed E-state index contributed by atoms with van der Waals surface area (Å²) in [5, 5.41) is 8.04. The molecule has 0 saturated carbocycles. The molecule has 27 heavy (non-hydrogen) atoms. The first-order valence-electron chi connectivity index (χ1n) is 8.65. The first kappa shape index (κ1) is 20.7. The average Bonchev–Trinajstić information content (AvgIpc) is 3.06. The van der Waals surface area contributed by atoms with E-state index in [0.717, 1.165) is 17.9 Å². The van der Waals surface area contributed by atoms with Crippen LogP contribution in [0.1, 0.15) is 44.1 Å². The fourth-order valence-electron chi connectivity index (χ4n) is 2.33. The third-order valence-corrected chi connectivity index (χ3v) is 4.67. The number of ether oxygens (including phenoxy) is 1. The second-order valence-corrected chi connectivity index (χ2v) is 8.28. The second-order valence-electron chi connectivity index (χ2n) is 7.42. The van der Waals surface area contributed by atoms with Crippen molar-refractivity contribution in [1.82, 2.24) is 10.3 Å². The molecule has 1 atom stereocenters. The number of nitrogens with zero attached hydrogens (tertiary/aromatic N) is 1. The highest BCUT2D eigenvalue weighted by Gasteiger charge is 2.23. The molecular formula is C19H26N4O3S. The molecule has 2 amide bonds. The van der Waals surface area contributed by atoms with Gasteiger partial charge in [0.2, 0.25) is 5.91 Å². The van der Waals surface area contributed by atoms with Gasteiger partial charge < -0.3 is 21.1 Å². The number of anilines is 2. The smallest absolute Gasteiger partial charge is 0.271 e. The normalized spacial score (nSPS) is 12.3. The number of rotatable bonds is 8. The number of hydrogen-bond acceptors (Lipinski definition) is 6. The molecule has 0 aliphatic rings. The van der Waals surface area contributed by atoms with Crippen LogP contribution in [-0.4, -0.2) is 29.9 Å². The minimum atomic E-state index is -0.712. The highest BCUT2D eigenvalue weighted by atomic mass is 32.1. The molecule has 1 aromatic carbocycles. The third-order valence-electron chi connectivity index (χ3n) is 3.91. The van der Waals surface area contributed by atoms with Crippen molar-refractivity contribution in [1.29, 1.82) is 0 Å². The second kappa shape index (κ2) is 8.85. The first-order chi connectivity index (χ1) is 12.7. The molecule has 7 nitrogen and oxygen atoms in total. The number of carbonyl (C=O) groups excluding carboxylic acids is 2. The molecule has 2 aromatic rings. The van der Waals surface area contributed by atoms with Crippen molar-refractivity contribution in [3.05, 3.63) is 35.3 Å². The van der Waals surface area contributed by atoms with Crippen molar-refractivity contribution in [2.24, 2.45) is 11.1 Å². The van der Waals surface area contributed by atoms with Crippen LogP contribution < -0.4 is 21.1 Å². The zero-order chi connectivity index (χ0) is 20.0. The number of nitrogens with one attached hydrogen (secondary N) is 2.